The van der Waals surface area contributed by atoms with Crippen LogP contribution in [0, 0.1) is 0 Å². The number of methoxy groups -OCH3 is 2. The molecule has 1 unspecified atom stereocenters. The number of rotatable bonds is 7. The lowest BCUT2D eigenvalue weighted by Gasteiger charge is -2.28. The van der Waals surface area contributed by atoms with Gasteiger partial charge in [0, 0.05) is 22.9 Å². The Morgan fingerprint density at radius 2 is 1.52 bits per heavy atom. The van der Waals surface area contributed by atoms with E-state index in [1.54, 1.807) is 14.2 Å². The van der Waals surface area contributed by atoms with Gasteiger partial charge in [0.2, 0.25) is 0 Å². The molecule has 1 aliphatic carbocycles. The lowest BCUT2D eigenvalue weighted by atomic mass is 9.86. The predicted molar refractivity (Wildman–Crippen MR) is 116 cm³/mol. The van der Waals surface area contributed by atoms with Crippen LogP contribution in [-0.2, 0) is 19.4 Å². The van der Waals surface area contributed by atoms with E-state index in [2.05, 4.69) is 29.6 Å². The highest BCUT2D eigenvalue weighted by Crippen LogP contribution is 2.36. The maximum atomic E-state index is 5.88. The first kappa shape index (κ1) is 19.2. The molecule has 3 aromatic carbocycles. The van der Waals surface area contributed by atoms with Crippen molar-refractivity contribution in [3.63, 3.8) is 0 Å². The first-order valence-corrected chi connectivity index (χ1v) is 10.0. The zero-order chi connectivity index (χ0) is 20.1. The van der Waals surface area contributed by atoms with Crippen LogP contribution in [0.4, 0.5) is 5.69 Å². The van der Waals surface area contributed by atoms with Crippen molar-refractivity contribution < 1.29 is 14.2 Å². The molecule has 1 atom stereocenters. The molecule has 0 fully saturated rings. The highest BCUT2D eigenvalue weighted by Gasteiger charge is 2.24. The SMILES string of the molecule is COc1ccc(OC)c2c1CCC(Nc1ccc(OCc3ccccc3)cc1)C2. The van der Waals surface area contributed by atoms with E-state index < -0.39 is 0 Å². The number of ether oxygens (including phenoxy) is 3. The average molecular weight is 389 g/mol. The van der Waals surface area contributed by atoms with Crippen molar-refractivity contribution in [1.82, 2.24) is 0 Å². The summed E-state index contributed by atoms with van der Waals surface area (Å²) in [5.74, 6) is 2.77. The van der Waals surface area contributed by atoms with E-state index in [9.17, 15) is 0 Å². The minimum Gasteiger partial charge on any atom is -0.496 e. The number of hydrogen-bond acceptors (Lipinski definition) is 4. The summed E-state index contributed by atoms with van der Waals surface area (Å²) in [7, 11) is 3.46. The second-order valence-electron chi connectivity index (χ2n) is 7.31. The van der Waals surface area contributed by atoms with E-state index in [4.69, 9.17) is 14.2 Å². The molecule has 0 spiro atoms. The lowest BCUT2D eigenvalue weighted by molar-refractivity contribution is 0.306. The highest BCUT2D eigenvalue weighted by atomic mass is 16.5. The summed E-state index contributed by atoms with van der Waals surface area (Å²) in [6, 6.07) is 22.8. The standard InChI is InChI=1S/C25H27NO3/c1-27-24-14-15-25(28-2)23-16-20(10-13-22(23)24)26-19-8-11-21(12-9-19)29-17-18-6-4-3-5-7-18/h3-9,11-12,14-15,20,26H,10,13,16-17H2,1-2H3. The largest absolute Gasteiger partial charge is 0.496 e. The van der Waals surface area contributed by atoms with E-state index in [0.717, 1.165) is 42.2 Å². The molecule has 3 aromatic rings. The Morgan fingerprint density at radius 3 is 2.21 bits per heavy atom. The molecule has 0 heterocycles. The number of hydrogen-bond donors (Lipinski definition) is 1. The van der Waals surface area contributed by atoms with Gasteiger partial charge in [-0.1, -0.05) is 30.3 Å². The number of benzene rings is 3. The Balaban J connectivity index is 1.39. The van der Waals surface area contributed by atoms with Gasteiger partial charge in [0.1, 0.15) is 23.9 Å². The molecule has 1 aliphatic rings. The van der Waals surface area contributed by atoms with Gasteiger partial charge in [-0.05, 0) is 61.2 Å². The van der Waals surface area contributed by atoms with Gasteiger partial charge in [0.25, 0.3) is 0 Å². The Labute approximate surface area is 172 Å². The van der Waals surface area contributed by atoms with E-state index in [1.165, 1.54) is 16.7 Å². The zero-order valence-corrected chi connectivity index (χ0v) is 17.0. The van der Waals surface area contributed by atoms with E-state index >= 15 is 0 Å². The van der Waals surface area contributed by atoms with Crippen LogP contribution in [0.5, 0.6) is 17.2 Å². The van der Waals surface area contributed by atoms with Crippen LogP contribution in [0.25, 0.3) is 0 Å². The van der Waals surface area contributed by atoms with Crippen LogP contribution in [0.2, 0.25) is 0 Å². The molecule has 0 amide bonds. The van der Waals surface area contributed by atoms with Crippen molar-refractivity contribution >= 4 is 5.69 Å². The third-order valence-electron chi connectivity index (χ3n) is 5.45. The molecule has 150 valence electrons. The van der Waals surface area contributed by atoms with Crippen LogP contribution in [-0.4, -0.2) is 20.3 Å². The van der Waals surface area contributed by atoms with Crippen LogP contribution >= 0.6 is 0 Å². The van der Waals surface area contributed by atoms with E-state index in [1.807, 2.05) is 42.5 Å². The van der Waals surface area contributed by atoms with Crippen molar-refractivity contribution in [1.29, 1.82) is 0 Å². The average Bonchev–Trinajstić information content (AvgIpc) is 2.78. The fourth-order valence-electron chi connectivity index (χ4n) is 3.94. The molecule has 1 N–H and O–H groups in total. The molecule has 0 aromatic heterocycles. The Kier molecular flexibility index (Phi) is 5.89. The normalized spacial score (nSPS) is 15.3. The van der Waals surface area contributed by atoms with Gasteiger partial charge in [-0.25, -0.2) is 0 Å². The van der Waals surface area contributed by atoms with Crippen molar-refractivity contribution in [2.24, 2.45) is 0 Å². The quantitative estimate of drug-likeness (QED) is 0.599. The van der Waals surface area contributed by atoms with E-state index in [0.29, 0.717) is 12.6 Å². The molecule has 0 saturated heterocycles. The van der Waals surface area contributed by atoms with Crippen LogP contribution < -0.4 is 19.5 Å². The van der Waals surface area contributed by atoms with Crippen LogP contribution in [0.15, 0.2) is 66.7 Å². The molecule has 4 rings (SSSR count). The molecule has 29 heavy (non-hydrogen) atoms. The minimum absolute atomic E-state index is 0.361. The second kappa shape index (κ2) is 8.91. The highest BCUT2D eigenvalue weighted by molar-refractivity contribution is 5.53. The third-order valence-corrected chi connectivity index (χ3v) is 5.45. The minimum atomic E-state index is 0.361. The molecule has 0 bridgehead atoms. The van der Waals surface area contributed by atoms with Crippen molar-refractivity contribution in [3.05, 3.63) is 83.4 Å². The summed E-state index contributed by atoms with van der Waals surface area (Å²) in [5.41, 5.74) is 4.79. The van der Waals surface area contributed by atoms with Crippen LogP contribution in [0.1, 0.15) is 23.1 Å². The fraction of sp³-hybridized carbons (Fsp3) is 0.280. The van der Waals surface area contributed by atoms with E-state index in [-0.39, 0.29) is 0 Å². The first-order chi connectivity index (χ1) is 14.3. The fourth-order valence-corrected chi connectivity index (χ4v) is 3.94. The molecular weight excluding hydrogens is 362 g/mol. The van der Waals surface area contributed by atoms with Gasteiger partial charge in [-0.3, -0.25) is 0 Å². The molecule has 0 radical (unpaired) electrons. The van der Waals surface area contributed by atoms with Gasteiger partial charge in [0.05, 0.1) is 14.2 Å². The lowest BCUT2D eigenvalue weighted by Crippen LogP contribution is -2.28. The van der Waals surface area contributed by atoms with Gasteiger partial charge >= 0.3 is 0 Å². The van der Waals surface area contributed by atoms with Gasteiger partial charge < -0.3 is 19.5 Å². The summed E-state index contributed by atoms with van der Waals surface area (Å²) in [4.78, 5) is 0. The summed E-state index contributed by atoms with van der Waals surface area (Å²) < 4.78 is 17.0. The zero-order valence-electron chi connectivity index (χ0n) is 17.0. The third kappa shape index (κ3) is 4.48. The number of fused-ring (bicyclic) bond motifs is 1. The Bertz CT molecular complexity index is 938. The maximum absolute atomic E-state index is 5.88. The predicted octanol–water partition coefficient (Wildman–Crippen LogP) is 5.25. The molecule has 0 aliphatic heterocycles. The van der Waals surface area contributed by atoms with Gasteiger partial charge in [-0.15, -0.1) is 0 Å². The number of anilines is 1. The summed E-state index contributed by atoms with van der Waals surface area (Å²) in [6.45, 7) is 0.578. The van der Waals surface area contributed by atoms with Crippen molar-refractivity contribution in [2.75, 3.05) is 19.5 Å². The first-order valence-electron chi connectivity index (χ1n) is 10.0. The smallest absolute Gasteiger partial charge is 0.122 e. The Hall–Kier alpha value is -3.14. The summed E-state index contributed by atoms with van der Waals surface area (Å²) >= 11 is 0. The van der Waals surface area contributed by atoms with Gasteiger partial charge in [-0.2, -0.15) is 0 Å². The second-order valence-corrected chi connectivity index (χ2v) is 7.31. The molecule has 4 nitrogen and oxygen atoms in total. The molecule has 0 saturated carbocycles. The topological polar surface area (TPSA) is 39.7 Å². The van der Waals surface area contributed by atoms with Crippen molar-refractivity contribution in [3.8, 4) is 17.2 Å². The van der Waals surface area contributed by atoms with Gasteiger partial charge in [0.15, 0.2) is 0 Å². The Morgan fingerprint density at radius 1 is 0.828 bits per heavy atom. The monoisotopic (exact) mass is 389 g/mol. The van der Waals surface area contributed by atoms with Crippen LogP contribution in [0.3, 0.4) is 0 Å². The molecule has 4 heteroatoms. The van der Waals surface area contributed by atoms with Crippen molar-refractivity contribution in [2.45, 2.75) is 31.9 Å². The number of nitrogens with one attached hydrogen (secondary N) is 1. The summed E-state index contributed by atoms with van der Waals surface area (Å²) in [5, 5.41) is 3.66. The molecular formula is C25H27NO3. The maximum Gasteiger partial charge on any atom is 0.122 e. The summed E-state index contributed by atoms with van der Waals surface area (Å²) in [6.07, 6.45) is 2.95.